The molecule has 0 aliphatic rings. The van der Waals surface area contributed by atoms with Crippen molar-refractivity contribution in [3.05, 3.63) is 64.7 Å². The molecule has 0 N–H and O–H groups in total. The average molecular weight is 275 g/mol. The molecule has 2 rings (SSSR count). The number of ether oxygens (including phenoxy) is 1. The number of carbonyl (C=O) groups excluding carboxylic acids is 1. The third-order valence-corrected chi connectivity index (χ3v) is 3.23. The van der Waals surface area contributed by atoms with Crippen LogP contribution in [0.5, 0.6) is 5.75 Å². The van der Waals surface area contributed by atoms with E-state index in [1.807, 2.05) is 18.2 Å². The Labute approximate surface area is 118 Å². The predicted octanol–water partition coefficient (Wildman–Crippen LogP) is 4.16. The summed E-state index contributed by atoms with van der Waals surface area (Å²) in [6.45, 7) is 0.580. The van der Waals surface area contributed by atoms with E-state index in [1.165, 1.54) is 5.56 Å². The molecular weight excluding hydrogens is 260 g/mol. The molecule has 0 spiro atoms. The molecule has 98 valence electrons. The van der Waals surface area contributed by atoms with Crippen molar-refractivity contribution in [2.75, 3.05) is 6.61 Å². The summed E-state index contributed by atoms with van der Waals surface area (Å²) in [5.41, 5.74) is 1.75. The van der Waals surface area contributed by atoms with Crippen LogP contribution in [0.3, 0.4) is 0 Å². The lowest BCUT2D eigenvalue weighted by Gasteiger charge is -2.09. The zero-order valence-electron chi connectivity index (χ0n) is 10.5. The van der Waals surface area contributed by atoms with Gasteiger partial charge in [0.05, 0.1) is 11.6 Å². The third-order valence-electron chi connectivity index (χ3n) is 2.83. The zero-order chi connectivity index (χ0) is 13.5. The summed E-state index contributed by atoms with van der Waals surface area (Å²) in [4.78, 5) is 10.8. The standard InChI is InChI=1S/C16H15ClO2/c17-16-14(12-18)9-4-10-15(16)19-11-5-8-13-6-2-1-3-7-13/h1-4,6-7,9-10,12H,5,8,11H2. The Bertz CT molecular complexity index is 538. The highest BCUT2D eigenvalue weighted by atomic mass is 35.5. The van der Waals surface area contributed by atoms with Crippen LogP contribution in [0.1, 0.15) is 22.3 Å². The van der Waals surface area contributed by atoms with Crippen molar-refractivity contribution >= 4 is 17.9 Å². The molecule has 0 atom stereocenters. The van der Waals surface area contributed by atoms with E-state index in [4.69, 9.17) is 16.3 Å². The topological polar surface area (TPSA) is 26.3 Å². The number of aryl methyl sites for hydroxylation is 1. The van der Waals surface area contributed by atoms with Gasteiger partial charge in [-0.25, -0.2) is 0 Å². The van der Waals surface area contributed by atoms with Gasteiger partial charge in [-0.15, -0.1) is 0 Å². The van der Waals surface area contributed by atoms with E-state index in [2.05, 4.69) is 12.1 Å². The molecule has 2 aromatic carbocycles. The highest BCUT2D eigenvalue weighted by Crippen LogP contribution is 2.27. The number of halogens is 1. The minimum Gasteiger partial charge on any atom is -0.492 e. The van der Waals surface area contributed by atoms with Gasteiger partial charge in [0, 0.05) is 5.56 Å². The van der Waals surface area contributed by atoms with Crippen molar-refractivity contribution in [1.82, 2.24) is 0 Å². The van der Waals surface area contributed by atoms with Gasteiger partial charge < -0.3 is 4.74 Å². The van der Waals surface area contributed by atoms with E-state index in [-0.39, 0.29) is 0 Å². The summed E-state index contributed by atoms with van der Waals surface area (Å²) < 4.78 is 5.61. The van der Waals surface area contributed by atoms with Crippen molar-refractivity contribution in [2.45, 2.75) is 12.8 Å². The van der Waals surface area contributed by atoms with Crippen LogP contribution >= 0.6 is 11.6 Å². The van der Waals surface area contributed by atoms with E-state index < -0.39 is 0 Å². The molecule has 0 amide bonds. The number of carbonyl (C=O) groups is 1. The second-order valence-corrected chi connectivity index (χ2v) is 4.59. The van der Waals surface area contributed by atoms with Crippen molar-refractivity contribution in [2.24, 2.45) is 0 Å². The smallest absolute Gasteiger partial charge is 0.151 e. The summed E-state index contributed by atoms with van der Waals surface area (Å²) >= 11 is 6.05. The van der Waals surface area contributed by atoms with Crippen molar-refractivity contribution in [1.29, 1.82) is 0 Å². The quantitative estimate of drug-likeness (QED) is 0.584. The van der Waals surface area contributed by atoms with E-state index in [0.717, 1.165) is 19.1 Å². The Morgan fingerprint density at radius 1 is 1.05 bits per heavy atom. The van der Waals surface area contributed by atoms with E-state index in [1.54, 1.807) is 18.2 Å². The number of aldehydes is 1. The van der Waals surface area contributed by atoms with Crippen LogP contribution in [0.4, 0.5) is 0 Å². The van der Waals surface area contributed by atoms with E-state index in [9.17, 15) is 4.79 Å². The number of hydrogen-bond donors (Lipinski definition) is 0. The third kappa shape index (κ3) is 3.83. The first-order valence-corrected chi connectivity index (χ1v) is 6.59. The Morgan fingerprint density at radius 2 is 1.84 bits per heavy atom. The largest absolute Gasteiger partial charge is 0.492 e. The summed E-state index contributed by atoms with van der Waals surface area (Å²) in [5, 5.41) is 0.386. The second-order valence-electron chi connectivity index (χ2n) is 4.21. The fourth-order valence-electron chi connectivity index (χ4n) is 1.83. The van der Waals surface area contributed by atoms with Gasteiger partial charge in [-0.3, -0.25) is 4.79 Å². The van der Waals surface area contributed by atoms with Crippen LogP contribution in [-0.4, -0.2) is 12.9 Å². The molecule has 0 unspecified atom stereocenters. The molecule has 2 aromatic rings. The number of hydrogen-bond acceptors (Lipinski definition) is 2. The van der Waals surface area contributed by atoms with E-state index >= 15 is 0 Å². The summed E-state index contributed by atoms with van der Waals surface area (Å²) in [6.07, 6.45) is 2.61. The van der Waals surface area contributed by atoms with Crippen LogP contribution in [0.15, 0.2) is 48.5 Å². The molecule has 0 saturated carbocycles. The molecule has 0 saturated heterocycles. The minimum atomic E-state index is 0.386. The van der Waals surface area contributed by atoms with Crippen LogP contribution in [0.25, 0.3) is 0 Å². The molecule has 0 radical (unpaired) electrons. The highest BCUT2D eigenvalue weighted by Gasteiger charge is 2.05. The molecular formula is C16H15ClO2. The summed E-state index contributed by atoms with van der Waals surface area (Å²) in [7, 11) is 0. The number of benzene rings is 2. The van der Waals surface area contributed by atoms with Gasteiger partial charge in [0.2, 0.25) is 0 Å². The minimum absolute atomic E-state index is 0.386. The molecule has 3 heteroatoms. The lowest BCUT2D eigenvalue weighted by molar-refractivity contribution is 0.112. The average Bonchev–Trinajstić information content (AvgIpc) is 2.46. The lowest BCUT2D eigenvalue weighted by Crippen LogP contribution is -2.00. The maximum absolute atomic E-state index is 10.8. The molecule has 0 aromatic heterocycles. The van der Waals surface area contributed by atoms with Crippen LogP contribution in [0.2, 0.25) is 5.02 Å². The first kappa shape index (κ1) is 13.6. The molecule has 19 heavy (non-hydrogen) atoms. The van der Waals surface area contributed by atoms with Crippen LogP contribution < -0.4 is 4.74 Å². The molecule has 0 bridgehead atoms. The van der Waals surface area contributed by atoms with Gasteiger partial charge in [0.25, 0.3) is 0 Å². The Balaban J connectivity index is 1.85. The van der Waals surface area contributed by atoms with Gasteiger partial charge in [0.1, 0.15) is 5.75 Å². The molecule has 0 fully saturated rings. The Morgan fingerprint density at radius 3 is 2.58 bits per heavy atom. The SMILES string of the molecule is O=Cc1cccc(OCCCc2ccccc2)c1Cl. The van der Waals surface area contributed by atoms with Gasteiger partial charge in [-0.05, 0) is 30.5 Å². The fraction of sp³-hybridized carbons (Fsp3) is 0.188. The van der Waals surface area contributed by atoms with E-state index in [0.29, 0.717) is 22.9 Å². The van der Waals surface area contributed by atoms with Gasteiger partial charge in [-0.1, -0.05) is 48.0 Å². The lowest BCUT2D eigenvalue weighted by atomic mass is 10.1. The fourth-order valence-corrected chi connectivity index (χ4v) is 2.06. The normalized spacial score (nSPS) is 10.2. The Kier molecular flexibility index (Phi) is 4.99. The Hall–Kier alpha value is -1.80. The highest BCUT2D eigenvalue weighted by molar-refractivity contribution is 6.34. The monoisotopic (exact) mass is 274 g/mol. The molecule has 0 heterocycles. The van der Waals surface area contributed by atoms with Crippen molar-refractivity contribution in [3.8, 4) is 5.75 Å². The predicted molar refractivity (Wildman–Crippen MR) is 77.1 cm³/mol. The van der Waals surface area contributed by atoms with Gasteiger partial charge in [0.15, 0.2) is 6.29 Å². The number of rotatable bonds is 6. The first-order chi connectivity index (χ1) is 9.31. The van der Waals surface area contributed by atoms with Crippen LogP contribution in [0, 0.1) is 0 Å². The van der Waals surface area contributed by atoms with Crippen molar-refractivity contribution in [3.63, 3.8) is 0 Å². The summed E-state index contributed by atoms with van der Waals surface area (Å²) in [6, 6.07) is 15.5. The van der Waals surface area contributed by atoms with Crippen LogP contribution in [-0.2, 0) is 6.42 Å². The van der Waals surface area contributed by atoms with Crippen molar-refractivity contribution < 1.29 is 9.53 Å². The maximum atomic E-state index is 10.8. The summed E-state index contributed by atoms with van der Waals surface area (Å²) in [5.74, 6) is 0.569. The van der Waals surface area contributed by atoms with Gasteiger partial charge >= 0.3 is 0 Å². The molecule has 0 aliphatic carbocycles. The van der Waals surface area contributed by atoms with Gasteiger partial charge in [-0.2, -0.15) is 0 Å². The molecule has 2 nitrogen and oxygen atoms in total. The maximum Gasteiger partial charge on any atom is 0.151 e. The molecule has 0 aliphatic heterocycles. The zero-order valence-corrected chi connectivity index (χ0v) is 11.3. The second kappa shape index (κ2) is 6.95. The first-order valence-electron chi connectivity index (χ1n) is 6.21.